The zero-order valence-corrected chi connectivity index (χ0v) is 27.9. The Morgan fingerprint density at radius 3 is 2.44 bits per heavy atom. The fraction of sp³-hybridized carbons (Fsp3) is 0.629. The second-order valence-corrected chi connectivity index (χ2v) is 14.9. The van der Waals surface area contributed by atoms with Crippen molar-refractivity contribution < 1.29 is 24.2 Å². The number of hydrogen-bond acceptors (Lipinski definition) is 7. The van der Waals surface area contributed by atoms with E-state index in [1.807, 2.05) is 35.2 Å². The van der Waals surface area contributed by atoms with Gasteiger partial charge in [0.05, 0.1) is 42.4 Å². The van der Waals surface area contributed by atoms with Crippen LogP contribution in [0, 0.1) is 23.7 Å². The van der Waals surface area contributed by atoms with Crippen LogP contribution in [0.1, 0.15) is 33.6 Å². The zero-order chi connectivity index (χ0) is 32.3. The summed E-state index contributed by atoms with van der Waals surface area (Å²) in [4.78, 5) is 51.9. The number of benzene rings is 1. The predicted molar refractivity (Wildman–Crippen MR) is 179 cm³/mol. The van der Waals surface area contributed by atoms with E-state index in [1.165, 1.54) is 0 Å². The van der Waals surface area contributed by atoms with Crippen molar-refractivity contribution in [1.29, 1.82) is 0 Å². The van der Waals surface area contributed by atoms with E-state index >= 15 is 0 Å². The molecule has 9 nitrogen and oxygen atoms in total. The molecular formula is C35H50N4O5S. The first-order chi connectivity index (χ1) is 21.7. The van der Waals surface area contributed by atoms with Crippen LogP contribution in [0.15, 0.2) is 55.6 Å². The van der Waals surface area contributed by atoms with E-state index in [4.69, 9.17) is 4.74 Å². The molecule has 2 bridgehead atoms. The fourth-order valence-electron chi connectivity index (χ4n) is 8.18. The minimum atomic E-state index is -0.775. The number of para-hydroxylation sites is 1. The van der Waals surface area contributed by atoms with Gasteiger partial charge >= 0.3 is 0 Å². The van der Waals surface area contributed by atoms with E-state index in [-0.39, 0.29) is 41.4 Å². The van der Waals surface area contributed by atoms with Gasteiger partial charge in [0.25, 0.3) is 0 Å². The molecule has 4 aliphatic rings. The van der Waals surface area contributed by atoms with Gasteiger partial charge in [0, 0.05) is 50.2 Å². The average Bonchev–Trinajstić information content (AvgIpc) is 3.64. The highest BCUT2D eigenvalue weighted by molar-refractivity contribution is 8.02. The smallest absolute Gasteiger partial charge is 0.247 e. The Bertz CT molecular complexity index is 1240. The third-order valence-corrected chi connectivity index (χ3v) is 12.2. The number of fused-ring (bicyclic) bond motifs is 1. The molecule has 45 heavy (non-hydrogen) atoms. The van der Waals surface area contributed by atoms with Crippen molar-refractivity contribution in [2.45, 2.75) is 55.7 Å². The molecule has 4 heterocycles. The molecule has 1 aromatic rings. The molecule has 10 heteroatoms. The van der Waals surface area contributed by atoms with Crippen molar-refractivity contribution >= 4 is 35.2 Å². The van der Waals surface area contributed by atoms with Crippen LogP contribution in [0.3, 0.4) is 0 Å². The number of anilines is 1. The Labute approximate surface area is 272 Å². The van der Waals surface area contributed by atoms with E-state index < -0.39 is 28.7 Å². The quantitative estimate of drug-likeness (QED) is 0.313. The number of aliphatic hydroxyl groups excluding tert-OH is 1. The molecule has 4 saturated heterocycles. The minimum Gasteiger partial charge on any atom is -0.394 e. The normalized spacial score (nSPS) is 29.9. The summed E-state index contributed by atoms with van der Waals surface area (Å²) in [7, 11) is 0. The van der Waals surface area contributed by atoms with Crippen molar-refractivity contribution in [2.75, 3.05) is 64.0 Å². The lowest BCUT2D eigenvalue weighted by molar-refractivity contribution is -0.146. The number of nitrogens with zero attached hydrogens (tertiary/aromatic N) is 4. The number of likely N-dealkylation sites (tertiary alicyclic amines) is 1. The van der Waals surface area contributed by atoms with E-state index in [0.717, 1.165) is 25.2 Å². The fourth-order valence-corrected chi connectivity index (χ4v) is 10.6. The van der Waals surface area contributed by atoms with Gasteiger partial charge in [-0.15, -0.1) is 24.9 Å². The van der Waals surface area contributed by atoms with Crippen molar-refractivity contribution in [3.8, 4) is 0 Å². The second kappa shape index (κ2) is 14.4. The maximum absolute atomic E-state index is 14.9. The van der Waals surface area contributed by atoms with Gasteiger partial charge in [-0.05, 0) is 36.8 Å². The number of ether oxygens (including phenoxy) is 1. The highest BCUT2D eigenvalue weighted by Gasteiger charge is 2.77. The standard InChI is InChI=1S/C35H50N4O5S/c1-6-13-37(16-15-36-17-19-44-20-18-36)34(43)31-35-25(5)22-28(45-35)29(30(35)33(42)39(31)27(23-40)21-24(3)4)32(41)38(14-7-2)26-11-9-8-10-12-26/h6-12,24-25,27-31,40H,1-2,13-23H2,3-5H3/t25?,27-,28-,29+,30+,31?,35?/m1/s1. The third-order valence-electron chi connectivity index (χ3n) is 10.1. The van der Waals surface area contributed by atoms with Gasteiger partial charge in [0.2, 0.25) is 17.7 Å². The first kappa shape index (κ1) is 33.7. The second-order valence-electron chi connectivity index (χ2n) is 13.4. The lowest BCUT2D eigenvalue weighted by Crippen LogP contribution is -2.60. The molecule has 0 aliphatic carbocycles. The third kappa shape index (κ3) is 6.23. The van der Waals surface area contributed by atoms with E-state index in [9.17, 15) is 19.5 Å². The number of morpholine rings is 1. The van der Waals surface area contributed by atoms with Gasteiger partial charge < -0.3 is 24.5 Å². The molecule has 0 saturated carbocycles. The average molecular weight is 639 g/mol. The summed E-state index contributed by atoms with van der Waals surface area (Å²) in [5.41, 5.74) is 0.764. The van der Waals surface area contributed by atoms with Crippen LogP contribution in [0.4, 0.5) is 5.69 Å². The molecule has 7 atom stereocenters. The Balaban J connectivity index is 1.54. The van der Waals surface area contributed by atoms with Crippen molar-refractivity contribution in [2.24, 2.45) is 23.7 Å². The van der Waals surface area contributed by atoms with Gasteiger partial charge in [-0.2, -0.15) is 0 Å². The maximum Gasteiger partial charge on any atom is 0.247 e. The molecule has 1 N–H and O–H groups in total. The van der Waals surface area contributed by atoms with E-state index in [1.54, 1.807) is 33.7 Å². The summed E-state index contributed by atoms with van der Waals surface area (Å²) >= 11 is 1.68. The number of carbonyl (C=O) groups is 3. The van der Waals surface area contributed by atoms with E-state index in [2.05, 4.69) is 38.8 Å². The Kier molecular flexibility index (Phi) is 10.8. The SMILES string of the molecule is C=CCN(CCN1CCOCC1)C(=O)C1N([C@@H](CO)CC(C)C)C(=O)[C@@H]2[C@@H](C(=O)N(CC=C)c3ccccc3)[C@H]3CC(C)C12S3. The van der Waals surface area contributed by atoms with Gasteiger partial charge in [-0.1, -0.05) is 51.1 Å². The number of amides is 3. The van der Waals surface area contributed by atoms with Crippen LogP contribution in [0.2, 0.25) is 0 Å². The first-order valence-electron chi connectivity index (χ1n) is 16.5. The molecule has 3 amide bonds. The number of carbonyl (C=O) groups excluding carboxylic acids is 3. The molecule has 246 valence electrons. The zero-order valence-electron chi connectivity index (χ0n) is 27.1. The summed E-state index contributed by atoms with van der Waals surface area (Å²) in [6.07, 6.45) is 4.78. The molecule has 1 aromatic carbocycles. The lowest BCUT2D eigenvalue weighted by atomic mass is 9.65. The highest BCUT2D eigenvalue weighted by atomic mass is 32.2. The van der Waals surface area contributed by atoms with Crippen LogP contribution in [-0.2, 0) is 19.1 Å². The molecular weight excluding hydrogens is 588 g/mol. The Morgan fingerprint density at radius 2 is 1.82 bits per heavy atom. The number of hydrogen-bond donors (Lipinski definition) is 1. The summed E-state index contributed by atoms with van der Waals surface area (Å²) in [5.74, 6) is -1.37. The van der Waals surface area contributed by atoms with Crippen LogP contribution >= 0.6 is 11.8 Å². The van der Waals surface area contributed by atoms with Gasteiger partial charge in [-0.3, -0.25) is 19.3 Å². The van der Waals surface area contributed by atoms with Crippen LogP contribution in [0.5, 0.6) is 0 Å². The minimum absolute atomic E-state index is 0.0391. The Morgan fingerprint density at radius 1 is 1.13 bits per heavy atom. The largest absolute Gasteiger partial charge is 0.394 e. The van der Waals surface area contributed by atoms with Crippen LogP contribution < -0.4 is 4.90 Å². The molecule has 4 aliphatic heterocycles. The lowest BCUT2D eigenvalue weighted by Gasteiger charge is -2.42. The van der Waals surface area contributed by atoms with Crippen LogP contribution in [-0.4, -0.2) is 119 Å². The highest BCUT2D eigenvalue weighted by Crippen LogP contribution is 2.69. The summed E-state index contributed by atoms with van der Waals surface area (Å²) < 4.78 is 4.75. The monoisotopic (exact) mass is 638 g/mol. The van der Waals surface area contributed by atoms with Crippen molar-refractivity contribution in [3.05, 3.63) is 55.6 Å². The summed E-state index contributed by atoms with van der Waals surface area (Å²) in [6.45, 7) is 18.8. The molecule has 0 radical (unpaired) electrons. The van der Waals surface area contributed by atoms with Gasteiger partial charge in [0.1, 0.15) is 6.04 Å². The number of rotatable bonds is 14. The molecule has 1 spiro atoms. The molecule has 3 unspecified atom stereocenters. The molecule has 4 fully saturated rings. The van der Waals surface area contributed by atoms with Gasteiger partial charge in [0.15, 0.2) is 0 Å². The van der Waals surface area contributed by atoms with Crippen molar-refractivity contribution in [3.63, 3.8) is 0 Å². The first-order valence-corrected chi connectivity index (χ1v) is 17.3. The number of aliphatic hydroxyl groups is 1. The van der Waals surface area contributed by atoms with Crippen LogP contribution in [0.25, 0.3) is 0 Å². The van der Waals surface area contributed by atoms with Crippen molar-refractivity contribution in [1.82, 2.24) is 14.7 Å². The Hall–Kier alpha value is -2.66. The topological polar surface area (TPSA) is 93.6 Å². The summed E-state index contributed by atoms with van der Waals surface area (Å²) in [5, 5.41) is 10.6. The number of thioether (sulfide) groups is 1. The van der Waals surface area contributed by atoms with Gasteiger partial charge in [-0.25, -0.2) is 0 Å². The molecule has 5 rings (SSSR count). The molecule has 0 aromatic heterocycles. The predicted octanol–water partition coefficient (Wildman–Crippen LogP) is 3.30. The maximum atomic E-state index is 14.9. The summed E-state index contributed by atoms with van der Waals surface area (Å²) in [6, 6.07) is 8.23. The van der Waals surface area contributed by atoms with E-state index in [0.29, 0.717) is 45.8 Å².